The molecule has 7 heteroatoms. The fourth-order valence-corrected chi connectivity index (χ4v) is 4.86. The molecule has 7 nitrogen and oxygen atoms in total. The number of amides is 1. The van der Waals surface area contributed by atoms with Gasteiger partial charge in [-0.3, -0.25) is 9.59 Å². The minimum atomic E-state index is -0.669. The first-order valence-corrected chi connectivity index (χ1v) is 12.6. The average molecular weight is 502 g/mol. The summed E-state index contributed by atoms with van der Waals surface area (Å²) in [5.74, 6) is 1.49. The Labute approximate surface area is 215 Å². The lowest BCUT2D eigenvalue weighted by molar-refractivity contribution is 0.0701. The first kappa shape index (κ1) is 24.7. The van der Waals surface area contributed by atoms with Crippen LogP contribution in [0.25, 0.3) is 11.0 Å². The maximum absolute atomic E-state index is 13.9. The van der Waals surface area contributed by atoms with Gasteiger partial charge < -0.3 is 23.2 Å². The van der Waals surface area contributed by atoms with E-state index in [1.165, 1.54) is 0 Å². The van der Waals surface area contributed by atoms with Gasteiger partial charge in [0.1, 0.15) is 11.3 Å². The van der Waals surface area contributed by atoms with Crippen LogP contribution in [0.1, 0.15) is 70.8 Å². The summed E-state index contributed by atoms with van der Waals surface area (Å²) in [6, 6.07) is 12.1. The fourth-order valence-electron chi connectivity index (χ4n) is 4.86. The van der Waals surface area contributed by atoms with Crippen LogP contribution >= 0.6 is 0 Å². The van der Waals surface area contributed by atoms with Crippen molar-refractivity contribution in [3.05, 3.63) is 92.7 Å². The molecule has 1 unspecified atom stereocenters. The summed E-state index contributed by atoms with van der Waals surface area (Å²) in [6.07, 6.45) is 4.72. The molecular formula is C30H31NO6. The third-order valence-corrected chi connectivity index (χ3v) is 7.00. The minimum absolute atomic E-state index is 0.0659. The highest BCUT2D eigenvalue weighted by Crippen LogP contribution is 2.42. The number of rotatable bonds is 9. The van der Waals surface area contributed by atoms with E-state index >= 15 is 0 Å². The number of unbranched alkanes of at least 4 members (excludes halogenated alkanes) is 2. The molecule has 5 rings (SSSR count). The van der Waals surface area contributed by atoms with Crippen LogP contribution in [-0.4, -0.2) is 24.5 Å². The molecular weight excluding hydrogens is 470 g/mol. The van der Waals surface area contributed by atoms with Gasteiger partial charge in [-0.25, -0.2) is 0 Å². The molecule has 1 atom stereocenters. The monoisotopic (exact) mass is 501 g/mol. The molecule has 0 spiro atoms. The molecule has 192 valence electrons. The van der Waals surface area contributed by atoms with Crippen LogP contribution in [0.2, 0.25) is 0 Å². The van der Waals surface area contributed by atoms with E-state index in [0.29, 0.717) is 40.4 Å². The molecule has 2 aromatic heterocycles. The van der Waals surface area contributed by atoms with Gasteiger partial charge in [0.25, 0.3) is 5.91 Å². The molecule has 0 fully saturated rings. The number of methoxy groups -OCH3 is 1. The van der Waals surface area contributed by atoms with E-state index in [4.69, 9.17) is 18.3 Å². The van der Waals surface area contributed by atoms with Crippen molar-refractivity contribution in [1.29, 1.82) is 0 Å². The van der Waals surface area contributed by atoms with Gasteiger partial charge in [0, 0.05) is 0 Å². The van der Waals surface area contributed by atoms with E-state index in [2.05, 4.69) is 6.92 Å². The topological polar surface area (TPSA) is 82.1 Å². The summed E-state index contributed by atoms with van der Waals surface area (Å²) in [6.45, 7) is 6.83. The number of furan rings is 1. The van der Waals surface area contributed by atoms with Gasteiger partial charge in [-0.05, 0) is 73.4 Å². The molecule has 0 aliphatic carbocycles. The third kappa shape index (κ3) is 4.50. The van der Waals surface area contributed by atoms with E-state index in [1.54, 1.807) is 30.4 Å². The summed E-state index contributed by atoms with van der Waals surface area (Å²) >= 11 is 0. The zero-order valence-corrected chi connectivity index (χ0v) is 21.6. The van der Waals surface area contributed by atoms with Crippen LogP contribution in [-0.2, 0) is 6.54 Å². The van der Waals surface area contributed by atoms with Crippen molar-refractivity contribution in [2.45, 2.75) is 52.6 Å². The van der Waals surface area contributed by atoms with Crippen molar-refractivity contribution in [3.8, 4) is 11.5 Å². The normalized spacial score (nSPS) is 14.9. The lowest BCUT2D eigenvalue weighted by Gasteiger charge is -2.25. The summed E-state index contributed by atoms with van der Waals surface area (Å²) < 4.78 is 23.3. The molecule has 1 aliphatic rings. The predicted octanol–water partition coefficient (Wildman–Crippen LogP) is 6.33. The van der Waals surface area contributed by atoms with Crippen molar-refractivity contribution in [3.63, 3.8) is 0 Å². The highest BCUT2D eigenvalue weighted by Gasteiger charge is 2.43. The molecule has 37 heavy (non-hydrogen) atoms. The van der Waals surface area contributed by atoms with E-state index in [-0.39, 0.29) is 23.6 Å². The number of fused-ring (bicyclic) bond motifs is 2. The number of nitrogens with zero attached hydrogens (tertiary/aromatic N) is 1. The van der Waals surface area contributed by atoms with Crippen molar-refractivity contribution in [2.24, 2.45) is 0 Å². The Bertz CT molecular complexity index is 1500. The number of ether oxygens (including phenoxy) is 2. The fraction of sp³-hybridized carbons (Fsp3) is 0.333. The molecule has 3 heterocycles. The number of hydrogen-bond donors (Lipinski definition) is 0. The van der Waals surface area contributed by atoms with Gasteiger partial charge >= 0.3 is 0 Å². The highest BCUT2D eigenvalue weighted by molar-refractivity contribution is 5.99. The Morgan fingerprint density at radius 1 is 1.00 bits per heavy atom. The van der Waals surface area contributed by atoms with E-state index in [9.17, 15) is 9.59 Å². The lowest BCUT2D eigenvalue weighted by atomic mass is 9.97. The largest absolute Gasteiger partial charge is 0.493 e. The Morgan fingerprint density at radius 3 is 2.54 bits per heavy atom. The first-order valence-electron chi connectivity index (χ1n) is 12.6. The van der Waals surface area contributed by atoms with E-state index in [0.717, 1.165) is 36.0 Å². The standard InChI is InChI=1S/C30H31NO6/c1-5-6-7-12-36-23-11-10-20(16-25(23)34-4)27-26-28(32)22-14-18(2)19(3)15-24(22)37-29(26)30(33)31(27)17-21-9-8-13-35-21/h8-11,13-16,27H,5-7,12,17H2,1-4H3. The van der Waals surface area contributed by atoms with Gasteiger partial charge in [-0.15, -0.1) is 0 Å². The van der Waals surface area contributed by atoms with Crippen molar-refractivity contribution in [2.75, 3.05) is 13.7 Å². The second-order valence-electron chi connectivity index (χ2n) is 9.49. The molecule has 4 aromatic rings. The van der Waals surface area contributed by atoms with Gasteiger partial charge in [0.2, 0.25) is 5.76 Å². The summed E-state index contributed by atoms with van der Waals surface area (Å²) in [4.78, 5) is 29.2. The Kier molecular flexibility index (Phi) is 6.78. The van der Waals surface area contributed by atoms with Crippen LogP contribution in [0.15, 0.2) is 62.4 Å². The van der Waals surface area contributed by atoms with Crippen molar-refractivity contribution in [1.82, 2.24) is 4.90 Å². The van der Waals surface area contributed by atoms with Crippen LogP contribution in [0.3, 0.4) is 0 Å². The van der Waals surface area contributed by atoms with Crippen LogP contribution < -0.4 is 14.9 Å². The lowest BCUT2D eigenvalue weighted by Crippen LogP contribution is -2.29. The second kappa shape index (κ2) is 10.2. The summed E-state index contributed by atoms with van der Waals surface area (Å²) in [5, 5.41) is 0.461. The Hall–Kier alpha value is -4.00. The Balaban J connectivity index is 1.63. The quantitative estimate of drug-likeness (QED) is 0.249. The van der Waals surface area contributed by atoms with Crippen molar-refractivity contribution >= 4 is 16.9 Å². The summed E-state index contributed by atoms with van der Waals surface area (Å²) in [5.41, 5.74) is 3.23. The maximum atomic E-state index is 13.9. The molecule has 0 radical (unpaired) electrons. The smallest absolute Gasteiger partial charge is 0.291 e. The Morgan fingerprint density at radius 2 is 1.81 bits per heavy atom. The zero-order chi connectivity index (χ0) is 26.1. The van der Waals surface area contributed by atoms with Crippen LogP contribution in [0.4, 0.5) is 0 Å². The molecule has 0 saturated carbocycles. The minimum Gasteiger partial charge on any atom is -0.493 e. The molecule has 0 bridgehead atoms. The first-order chi connectivity index (χ1) is 17.9. The number of hydrogen-bond acceptors (Lipinski definition) is 6. The number of carbonyl (C=O) groups excluding carboxylic acids is 1. The maximum Gasteiger partial charge on any atom is 0.291 e. The van der Waals surface area contributed by atoms with E-state index in [1.807, 2.05) is 44.2 Å². The van der Waals surface area contributed by atoms with Gasteiger partial charge in [-0.2, -0.15) is 0 Å². The zero-order valence-electron chi connectivity index (χ0n) is 21.6. The molecule has 0 N–H and O–H groups in total. The van der Waals surface area contributed by atoms with E-state index < -0.39 is 6.04 Å². The highest BCUT2D eigenvalue weighted by atomic mass is 16.5. The molecule has 2 aromatic carbocycles. The number of benzene rings is 2. The van der Waals surface area contributed by atoms with Gasteiger partial charge in [0.15, 0.2) is 16.9 Å². The second-order valence-corrected chi connectivity index (χ2v) is 9.49. The summed E-state index contributed by atoms with van der Waals surface area (Å²) in [7, 11) is 1.58. The SMILES string of the molecule is CCCCCOc1ccc(C2c3c(oc4cc(C)c(C)cc4c3=O)C(=O)N2Cc2ccco2)cc1OC. The molecule has 1 aliphatic heterocycles. The third-order valence-electron chi connectivity index (χ3n) is 7.00. The predicted molar refractivity (Wildman–Crippen MR) is 140 cm³/mol. The van der Waals surface area contributed by atoms with Crippen molar-refractivity contribution < 1.29 is 23.1 Å². The number of carbonyl (C=O) groups is 1. The average Bonchev–Trinajstić information content (AvgIpc) is 3.50. The van der Waals surface area contributed by atoms with Crippen LogP contribution in [0, 0.1) is 13.8 Å². The molecule has 1 amide bonds. The number of aryl methyl sites for hydroxylation is 2. The van der Waals surface area contributed by atoms with Gasteiger partial charge in [-0.1, -0.05) is 25.8 Å². The van der Waals surface area contributed by atoms with Crippen LogP contribution in [0.5, 0.6) is 11.5 Å². The molecule has 0 saturated heterocycles. The van der Waals surface area contributed by atoms with Gasteiger partial charge in [0.05, 0.1) is 43.5 Å².